The molecule has 2 rings (SSSR count). The second kappa shape index (κ2) is 16.8. The van der Waals surface area contributed by atoms with Crippen LogP contribution in [0.4, 0.5) is 0 Å². The van der Waals surface area contributed by atoms with Crippen molar-refractivity contribution in [1.82, 2.24) is 4.72 Å². The maximum absolute atomic E-state index is 11.7. The van der Waals surface area contributed by atoms with E-state index in [2.05, 4.69) is 4.72 Å². The molecule has 0 fully saturated rings. The van der Waals surface area contributed by atoms with Gasteiger partial charge in [0.2, 0.25) is 5.91 Å². The van der Waals surface area contributed by atoms with Crippen LogP contribution in [0, 0.1) is 20.8 Å². The highest BCUT2D eigenvalue weighted by molar-refractivity contribution is 7.97. The lowest BCUT2D eigenvalue weighted by molar-refractivity contribution is -0.118. The van der Waals surface area contributed by atoms with Crippen LogP contribution >= 0.6 is 11.9 Å². The lowest BCUT2D eigenvalue weighted by Crippen LogP contribution is -2.17. The van der Waals surface area contributed by atoms with Crippen molar-refractivity contribution in [3.8, 4) is 17.2 Å². The zero-order chi connectivity index (χ0) is 23.0. The predicted octanol–water partition coefficient (Wildman–Crippen LogP) is 7.13. The summed E-state index contributed by atoms with van der Waals surface area (Å²) in [5, 5.41) is 9.59. The zero-order valence-electron chi connectivity index (χ0n) is 19.8. The quantitative estimate of drug-likeness (QED) is 0.504. The summed E-state index contributed by atoms with van der Waals surface area (Å²) in [5.41, 5.74) is 3.68. The average molecular weight is 422 g/mol. The monoisotopic (exact) mass is 421 g/mol. The zero-order valence-corrected chi connectivity index (χ0v) is 20.6. The minimum Gasteiger partial charge on any atom is -0.508 e. The molecule has 5 heteroatoms. The number of amides is 1. The minimum atomic E-state index is -0.0147. The van der Waals surface area contributed by atoms with Gasteiger partial charge in [-0.05, 0) is 61.2 Å². The molecule has 0 saturated carbocycles. The number of nitrogens with one attached hydrogen (secondary N) is 1. The van der Waals surface area contributed by atoms with E-state index < -0.39 is 0 Å². The lowest BCUT2D eigenvalue weighted by Gasteiger charge is -2.14. The third kappa shape index (κ3) is 10.3. The fourth-order valence-electron chi connectivity index (χ4n) is 2.45. The first-order chi connectivity index (χ1) is 13.9. The lowest BCUT2D eigenvalue weighted by atomic mass is 10.0. The smallest absolute Gasteiger partial charge is 0.234 e. The molecule has 2 aromatic rings. The average Bonchev–Trinajstić information content (AvgIpc) is 2.72. The molecule has 4 nitrogen and oxygen atoms in total. The van der Waals surface area contributed by atoms with E-state index in [1.807, 2.05) is 80.7 Å². The van der Waals surface area contributed by atoms with Crippen molar-refractivity contribution in [2.75, 3.05) is 6.26 Å². The molecule has 0 heterocycles. The first-order valence-electron chi connectivity index (χ1n) is 10.3. The largest absolute Gasteiger partial charge is 0.508 e. The Balaban J connectivity index is 0. The van der Waals surface area contributed by atoms with Crippen LogP contribution in [0.1, 0.15) is 63.8 Å². The molecule has 0 saturated heterocycles. The Hall–Kier alpha value is -2.14. The van der Waals surface area contributed by atoms with Gasteiger partial charge in [-0.25, -0.2) is 0 Å². The highest BCUT2D eigenvalue weighted by Crippen LogP contribution is 2.32. The van der Waals surface area contributed by atoms with Crippen LogP contribution in [0.2, 0.25) is 0 Å². The molecule has 2 aromatic carbocycles. The summed E-state index contributed by atoms with van der Waals surface area (Å²) in [6.07, 6.45) is 2.17. The topological polar surface area (TPSA) is 58.6 Å². The fraction of sp³-hybridized carbons (Fsp3) is 0.458. The van der Waals surface area contributed by atoms with Gasteiger partial charge in [-0.1, -0.05) is 65.6 Å². The van der Waals surface area contributed by atoms with Crippen molar-refractivity contribution in [2.24, 2.45) is 0 Å². The molecular weight excluding hydrogens is 382 g/mol. The summed E-state index contributed by atoms with van der Waals surface area (Å²) in [4.78, 5) is 11.7. The minimum absolute atomic E-state index is 0.0147. The maximum Gasteiger partial charge on any atom is 0.234 e. The Morgan fingerprint density at radius 3 is 1.90 bits per heavy atom. The number of carbonyl (C=O) groups is 1. The van der Waals surface area contributed by atoms with E-state index in [4.69, 9.17) is 4.74 Å². The van der Waals surface area contributed by atoms with Gasteiger partial charge in [0.1, 0.15) is 17.2 Å². The Kier molecular flexibility index (Phi) is 16.8. The number of aromatic hydroxyl groups is 1. The predicted molar refractivity (Wildman–Crippen MR) is 128 cm³/mol. The Morgan fingerprint density at radius 2 is 1.45 bits per heavy atom. The van der Waals surface area contributed by atoms with Crippen LogP contribution in [-0.2, 0) is 11.2 Å². The molecule has 0 unspecified atom stereocenters. The van der Waals surface area contributed by atoms with Crippen molar-refractivity contribution < 1.29 is 14.6 Å². The van der Waals surface area contributed by atoms with Crippen molar-refractivity contribution in [1.29, 1.82) is 0 Å². The summed E-state index contributed by atoms with van der Waals surface area (Å²) < 4.78 is 8.69. The van der Waals surface area contributed by atoms with Crippen molar-refractivity contribution in [2.45, 2.75) is 68.7 Å². The number of rotatable bonds is 5. The SMILES string of the molecule is CC.CC.CC.CSNC(=O)Cc1cc(C)c(Oc2ccc(O)c(C)c2)c(C)c1. The van der Waals surface area contributed by atoms with E-state index in [1.165, 1.54) is 11.9 Å². The second-order valence-corrected chi connectivity index (χ2v) is 6.13. The molecule has 0 spiro atoms. The van der Waals surface area contributed by atoms with E-state index in [1.54, 1.807) is 18.2 Å². The van der Waals surface area contributed by atoms with Crippen LogP contribution in [-0.4, -0.2) is 17.3 Å². The van der Waals surface area contributed by atoms with Gasteiger partial charge in [-0.3, -0.25) is 4.79 Å². The molecule has 29 heavy (non-hydrogen) atoms. The fourth-order valence-corrected chi connectivity index (χ4v) is 2.75. The number of ether oxygens (including phenoxy) is 1. The third-order valence-electron chi connectivity index (χ3n) is 3.49. The second-order valence-electron chi connectivity index (χ2n) is 5.52. The highest BCUT2D eigenvalue weighted by Gasteiger charge is 2.11. The number of hydrogen-bond acceptors (Lipinski definition) is 4. The molecule has 164 valence electrons. The molecule has 0 bridgehead atoms. The number of aryl methyl sites for hydroxylation is 3. The van der Waals surface area contributed by atoms with E-state index in [0.29, 0.717) is 12.2 Å². The molecule has 0 aromatic heterocycles. The van der Waals surface area contributed by atoms with E-state index in [-0.39, 0.29) is 11.7 Å². The molecule has 0 aliphatic carbocycles. The van der Waals surface area contributed by atoms with E-state index >= 15 is 0 Å². The van der Waals surface area contributed by atoms with Crippen molar-refractivity contribution in [3.63, 3.8) is 0 Å². The van der Waals surface area contributed by atoms with Crippen LogP contribution in [0.25, 0.3) is 0 Å². The normalized spacial score (nSPS) is 8.90. The molecular formula is C24H39NO3S. The number of phenols is 1. The van der Waals surface area contributed by atoms with Crippen molar-refractivity contribution in [3.05, 3.63) is 52.6 Å². The first-order valence-corrected chi connectivity index (χ1v) is 11.5. The highest BCUT2D eigenvalue weighted by atomic mass is 32.2. The molecule has 0 aliphatic rings. The van der Waals surface area contributed by atoms with Gasteiger partial charge in [0.05, 0.1) is 6.42 Å². The van der Waals surface area contributed by atoms with E-state index in [0.717, 1.165) is 28.0 Å². The van der Waals surface area contributed by atoms with Crippen LogP contribution in [0.15, 0.2) is 30.3 Å². The molecule has 2 N–H and O–H groups in total. The van der Waals surface area contributed by atoms with Crippen LogP contribution in [0.5, 0.6) is 17.2 Å². The molecule has 1 amide bonds. The van der Waals surface area contributed by atoms with Gasteiger partial charge in [-0.15, -0.1) is 0 Å². The van der Waals surface area contributed by atoms with Gasteiger partial charge in [0.15, 0.2) is 0 Å². The number of benzene rings is 2. The van der Waals surface area contributed by atoms with Gasteiger partial charge >= 0.3 is 0 Å². The summed E-state index contributed by atoms with van der Waals surface area (Å²) in [6, 6.07) is 9.09. The Bertz CT molecular complexity index is 707. The summed E-state index contributed by atoms with van der Waals surface area (Å²) in [7, 11) is 0. The summed E-state index contributed by atoms with van der Waals surface area (Å²) in [6.45, 7) is 17.8. The summed E-state index contributed by atoms with van der Waals surface area (Å²) >= 11 is 1.30. The van der Waals surface area contributed by atoms with Gasteiger partial charge < -0.3 is 14.6 Å². The van der Waals surface area contributed by atoms with Gasteiger partial charge in [0.25, 0.3) is 0 Å². The van der Waals surface area contributed by atoms with Crippen molar-refractivity contribution >= 4 is 17.9 Å². The molecule has 0 radical (unpaired) electrons. The van der Waals surface area contributed by atoms with Gasteiger partial charge in [0, 0.05) is 6.26 Å². The molecule has 0 atom stereocenters. The van der Waals surface area contributed by atoms with Crippen LogP contribution < -0.4 is 9.46 Å². The number of phenolic OH excluding ortho intramolecular Hbond substituents is 1. The summed E-state index contributed by atoms with van der Waals surface area (Å²) in [5.74, 6) is 1.70. The number of hydrogen-bond donors (Lipinski definition) is 2. The third-order valence-corrected chi connectivity index (χ3v) is 3.92. The van der Waals surface area contributed by atoms with E-state index in [9.17, 15) is 9.90 Å². The van der Waals surface area contributed by atoms with Crippen LogP contribution in [0.3, 0.4) is 0 Å². The Labute approximate surface area is 182 Å². The Morgan fingerprint density at radius 1 is 0.931 bits per heavy atom. The first kappa shape index (κ1) is 29.1. The number of carbonyl (C=O) groups excluding carboxylic acids is 1. The van der Waals surface area contributed by atoms with Gasteiger partial charge in [-0.2, -0.15) is 0 Å². The maximum atomic E-state index is 11.7. The molecule has 0 aliphatic heterocycles. The standard InChI is InChI=1S/C18H21NO3S.3C2H6/c1-11-9-15(5-6-16(11)20)22-18-12(2)7-14(8-13(18)3)10-17(21)19-23-4;3*1-2/h5-9,20H,10H2,1-4H3,(H,19,21);3*1-2H3.